The lowest BCUT2D eigenvalue weighted by Crippen LogP contribution is -2.42. The van der Waals surface area contributed by atoms with Crippen LogP contribution in [-0.2, 0) is 22.6 Å². The molecule has 0 N–H and O–H groups in total. The maximum Gasteiger partial charge on any atom is 0.332 e. The van der Waals surface area contributed by atoms with Gasteiger partial charge in [-0.15, -0.1) is 10.2 Å². The predicted molar refractivity (Wildman–Crippen MR) is 76.9 cm³/mol. The normalized spacial score (nSPS) is 10.7. The van der Waals surface area contributed by atoms with Crippen LogP contribution in [0.2, 0.25) is 0 Å². The smallest absolute Gasteiger partial charge is 0.332 e. The number of rotatable bonds is 5. The Morgan fingerprint density at radius 3 is 2.68 bits per heavy atom. The zero-order valence-electron chi connectivity index (χ0n) is 12.2. The molecule has 0 saturated carbocycles. The van der Waals surface area contributed by atoms with Crippen LogP contribution < -0.4 is 11.2 Å². The lowest BCUT2D eigenvalue weighted by molar-refractivity contribution is -0.141. The Kier molecular flexibility index (Phi) is 4.81. The van der Waals surface area contributed by atoms with Crippen LogP contribution in [0.15, 0.2) is 25.3 Å². The van der Waals surface area contributed by atoms with Gasteiger partial charge in [-0.25, -0.2) is 4.79 Å². The molecule has 2 aromatic rings. The van der Waals surface area contributed by atoms with Crippen LogP contribution in [0.4, 0.5) is 0 Å². The van der Waals surface area contributed by atoms with Gasteiger partial charge in [0.1, 0.15) is 13.1 Å². The van der Waals surface area contributed by atoms with Crippen molar-refractivity contribution in [1.29, 1.82) is 0 Å². The predicted octanol–water partition coefficient (Wildman–Crippen LogP) is -0.355. The summed E-state index contributed by atoms with van der Waals surface area (Å²) in [6, 6.07) is 1.26. The van der Waals surface area contributed by atoms with Gasteiger partial charge in [0.05, 0.1) is 7.11 Å². The molecule has 0 aliphatic carbocycles. The van der Waals surface area contributed by atoms with Gasteiger partial charge in [-0.05, 0) is 13.2 Å². The van der Waals surface area contributed by atoms with E-state index in [1.165, 1.54) is 24.9 Å². The molecule has 0 bridgehead atoms. The fraction of sp³-hybridized carbons (Fsp3) is 0.417. The third-order valence-electron chi connectivity index (χ3n) is 2.92. The van der Waals surface area contributed by atoms with E-state index in [0.29, 0.717) is 10.9 Å². The average Bonchev–Trinajstić information content (AvgIpc) is 2.95. The van der Waals surface area contributed by atoms with Crippen LogP contribution in [0.3, 0.4) is 0 Å². The lowest BCUT2D eigenvalue weighted by atomic mass is 10.4. The second-order valence-corrected chi connectivity index (χ2v) is 5.08. The van der Waals surface area contributed by atoms with Crippen LogP contribution in [0.25, 0.3) is 0 Å². The largest absolute Gasteiger partial charge is 0.468 e. The van der Waals surface area contributed by atoms with Crippen molar-refractivity contribution < 1.29 is 13.9 Å². The van der Waals surface area contributed by atoms with Gasteiger partial charge in [-0.3, -0.25) is 18.7 Å². The summed E-state index contributed by atoms with van der Waals surface area (Å²) in [4.78, 5) is 35.7. The first-order chi connectivity index (χ1) is 10.5. The monoisotopic (exact) mass is 326 g/mol. The molecule has 0 aromatic carbocycles. The highest BCUT2D eigenvalue weighted by Gasteiger charge is 2.15. The Morgan fingerprint density at radius 2 is 2.09 bits per heavy atom. The highest BCUT2D eigenvalue weighted by molar-refractivity contribution is 7.98. The summed E-state index contributed by atoms with van der Waals surface area (Å²) in [6.45, 7) is 1.13. The van der Waals surface area contributed by atoms with E-state index in [2.05, 4.69) is 14.9 Å². The molecule has 0 unspecified atom stereocenters. The highest BCUT2D eigenvalue weighted by atomic mass is 32.2. The Labute approximate surface area is 128 Å². The molecule has 0 fully saturated rings. The number of ether oxygens (including phenoxy) is 1. The fourth-order valence-corrected chi connectivity index (χ4v) is 2.08. The molecule has 10 heteroatoms. The summed E-state index contributed by atoms with van der Waals surface area (Å²) in [5.74, 6) is -0.449. The van der Waals surface area contributed by atoms with Gasteiger partial charge in [0.25, 0.3) is 10.8 Å². The van der Waals surface area contributed by atoms with Gasteiger partial charge >= 0.3 is 11.7 Å². The molecule has 9 nitrogen and oxygen atoms in total. The van der Waals surface area contributed by atoms with E-state index in [0.717, 1.165) is 9.13 Å². The molecule has 0 aliphatic heterocycles. The molecule has 0 atom stereocenters. The van der Waals surface area contributed by atoms with Crippen LogP contribution >= 0.6 is 11.8 Å². The van der Waals surface area contributed by atoms with E-state index in [9.17, 15) is 14.4 Å². The molecule has 0 amide bonds. The topological polar surface area (TPSA) is 109 Å². The van der Waals surface area contributed by atoms with Crippen molar-refractivity contribution in [3.8, 4) is 0 Å². The molecule has 0 radical (unpaired) electrons. The van der Waals surface area contributed by atoms with Crippen molar-refractivity contribution in [2.75, 3.05) is 13.4 Å². The van der Waals surface area contributed by atoms with E-state index in [4.69, 9.17) is 4.42 Å². The molecular weight excluding hydrogens is 312 g/mol. The van der Waals surface area contributed by atoms with Gasteiger partial charge in [0.15, 0.2) is 0 Å². The van der Waals surface area contributed by atoms with Crippen molar-refractivity contribution in [1.82, 2.24) is 19.3 Å². The SMILES string of the molecule is COC(=O)Cn1c(C)cc(=O)n(Cc2nnc(SC)o2)c1=O. The zero-order valence-corrected chi connectivity index (χ0v) is 13.0. The van der Waals surface area contributed by atoms with Crippen molar-refractivity contribution >= 4 is 17.7 Å². The number of carbonyl (C=O) groups excluding carboxylic acids is 1. The summed E-state index contributed by atoms with van der Waals surface area (Å²) in [5, 5.41) is 7.83. The molecule has 0 saturated heterocycles. The van der Waals surface area contributed by atoms with Crippen LogP contribution in [0.5, 0.6) is 0 Å². The third-order valence-corrected chi connectivity index (χ3v) is 3.43. The van der Waals surface area contributed by atoms with E-state index < -0.39 is 17.2 Å². The quantitative estimate of drug-likeness (QED) is 0.541. The maximum absolute atomic E-state index is 12.4. The third kappa shape index (κ3) is 3.27. The molecule has 2 heterocycles. The standard InChI is InChI=1S/C12H14N4O5S/c1-7-4-9(17)16(5-8-13-14-11(21-8)22-3)12(19)15(7)6-10(18)20-2/h4H,5-6H2,1-3H3. The van der Waals surface area contributed by atoms with E-state index in [1.807, 2.05) is 0 Å². The number of thioether (sulfide) groups is 1. The Balaban J connectivity index is 2.42. The maximum atomic E-state index is 12.4. The Hall–Kier alpha value is -2.36. The summed E-state index contributed by atoms with van der Waals surface area (Å²) in [7, 11) is 1.22. The second-order valence-electron chi connectivity index (χ2n) is 4.32. The van der Waals surface area contributed by atoms with Gasteiger partial charge in [0, 0.05) is 11.8 Å². The first kappa shape index (κ1) is 16.0. The second kappa shape index (κ2) is 6.60. The molecule has 0 spiro atoms. The first-order valence-electron chi connectivity index (χ1n) is 6.20. The Morgan fingerprint density at radius 1 is 1.36 bits per heavy atom. The van der Waals surface area contributed by atoms with E-state index in [1.54, 1.807) is 13.2 Å². The number of carbonyl (C=O) groups is 1. The molecule has 118 valence electrons. The van der Waals surface area contributed by atoms with Gasteiger partial charge in [0.2, 0.25) is 5.89 Å². The summed E-state index contributed by atoms with van der Waals surface area (Å²) >= 11 is 1.25. The number of methoxy groups -OCH3 is 1. The van der Waals surface area contributed by atoms with E-state index >= 15 is 0 Å². The van der Waals surface area contributed by atoms with Crippen molar-refractivity contribution in [2.24, 2.45) is 0 Å². The average molecular weight is 326 g/mol. The number of hydrogen-bond acceptors (Lipinski definition) is 8. The lowest BCUT2D eigenvalue weighted by Gasteiger charge is -2.10. The van der Waals surface area contributed by atoms with Crippen molar-refractivity contribution in [2.45, 2.75) is 25.2 Å². The number of aromatic nitrogens is 4. The molecular formula is C12H14N4O5S. The zero-order chi connectivity index (χ0) is 16.3. The minimum Gasteiger partial charge on any atom is -0.468 e. The number of nitrogens with zero attached hydrogens (tertiary/aromatic N) is 4. The van der Waals surface area contributed by atoms with Crippen molar-refractivity contribution in [3.63, 3.8) is 0 Å². The van der Waals surface area contributed by atoms with Crippen LogP contribution in [0.1, 0.15) is 11.6 Å². The van der Waals surface area contributed by atoms with Gasteiger partial charge < -0.3 is 9.15 Å². The van der Waals surface area contributed by atoms with Crippen molar-refractivity contribution in [3.05, 3.63) is 38.5 Å². The van der Waals surface area contributed by atoms with Crippen LogP contribution in [0, 0.1) is 6.92 Å². The molecule has 2 rings (SSSR count). The minimum absolute atomic E-state index is 0.136. The molecule has 0 aliphatic rings. The number of esters is 1. The van der Waals surface area contributed by atoms with Gasteiger partial charge in [-0.1, -0.05) is 11.8 Å². The fourth-order valence-electron chi connectivity index (χ4n) is 1.78. The van der Waals surface area contributed by atoms with E-state index in [-0.39, 0.29) is 19.0 Å². The van der Waals surface area contributed by atoms with Gasteiger partial charge in [-0.2, -0.15) is 0 Å². The molecule has 22 heavy (non-hydrogen) atoms. The Bertz CT molecular complexity index is 807. The highest BCUT2D eigenvalue weighted by Crippen LogP contribution is 2.11. The summed E-state index contributed by atoms with van der Waals surface area (Å²) in [6.07, 6.45) is 1.76. The minimum atomic E-state index is -0.640. The first-order valence-corrected chi connectivity index (χ1v) is 7.43. The number of aryl methyl sites for hydroxylation is 1. The summed E-state index contributed by atoms with van der Waals surface area (Å²) < 4.78 is 11.9. The summed E-state index contributed by atoms with van der Waals surface area (Å²) in [5.41, 5.74) is -0.779. The van der Waals surface area contributed by atoms with Crippen LogP contribution in [-0.4, -0.2) is 38.7 Å². The molecule has 2 aromatic heterocycles. The number of hydrogen-bond donors (Lipinski definition) is 0.